The second-order valence-electron chi connectivity index (χ2n) is 8.21. The lowest BCUT2D eigenvalue weighted by Gasteiger charge is -2.26. The van der Waals surface area contributed by atoms with Gasteiger partial charge in [-0.1, -0.05) is 12.1 Å². The molecule has 2 aliphatic heterocycles. The van der Waals surface area contributed by atoms with Crippen LogP contribution in [0.15, 0.2) is 47.4 Å². The first-order valence-corrected chi connectivity index (χ1v) is 12.2. The summed E-state index contributed by atoms with van der Waals surface area (Å²) in [6.45, 7) is 1.69. The molecule has 0 saturated carbocycles. The first-order chi connectivity index (χ1) is 15.3. The van der Waals surface area contributed by atoms with Crippen molar-refractivity contribution < 1.29 is 26.7 Å². The molecule has 2 fully saturated rings. The summed E-state index contributed by atoms with van der Waals surface area (Å²) in [4.78, 5) is 14.4. The maximum atomic E-state index is 14.5. The zero-order valence-electron chi connectivity index (χ0n) is 17.7. The quantitative estimate of drug-likeness (QED) is 0.628. The highest BCUT2D eigenvalue weighted by molar-refractivity contribution is 7.89. The summed E-state index contributed by atoms with van der Waals surface area (Å²) in [6.07, 6.45) is 2.98. The summed E-state index contributed by atoms with van der Waals surface area (Å²) < 4.78 is 60.9. The third kappa shape index (κ3) is 5.00. The lowest BCUT2D eigenvalue weighted by molar-refractivity contribution is 0.0507. The van der Waals surface area contributed by atoms with Crippen LogP contribution in [0.1, 0.15) is 41.6 Å². The Hall–Kier alpha value is -2.36. The predicted octanol–water partition coefficient (Wildman–Crippen LogP) is 3.57. The Balaban J connectivity index is 1.63. The highest BCUT2D eigenvalue weighted by atomic mass is 32.2. The number of hydrogen-bond acceptors (Lipinski definition) is 4. The van der Waals surface area contributed by atoms with Crippen molar-refractivity contribution in [3.63, 3.8) is 0 Å². The summed E-state index contributed by atoms with van der Waals surface area (Å²) >= 11 is 0. The average molecular weight is 465 g/mol. The molecule has 1 atom stereocenters. The molecule has 0 aliphatic carbocycles. The third-order valence-electron chi connectivity index (χ3n) is 5.86. The molecule has 2 aliphatic rings. The molecule has 2 aromatic rings. The number of amides is 1. The second kappa shape index (κ2) is 9.64. The highest BCUT2D eigenvalue weighted by Gasteiger charge is 2.31. The van der Waals surface area contributed by atoms with Crippen LogP contribution in [0.2, 0.25) is 0 Å². The van der Waals surface area contributed by atoms with Crippen molar-refractivity contribution in [3.05, 3.63) is 65.2 Å². The number of nitrogens with zero attached hydrogens (tertiary/aromatic N) is 2. The van der Waals surface area contributed by atoms with Crippen LogP contribution in [-0.4, -0.2) is 55.9 Å². The van der Waals surface area contributed by atoms with Gasteiger partial charge in [0, 0.05) is 38.3 Å². The molecule has 9 heteroatoms. The molecule has 172 valence electrons. The van der Waals surface area contributed by atoms with Gasteiger partial charge in [-0.25, -0.2) is 17.2 Å². The molecule has 32 heavy (non-hydrogen) atoms. The van der Waals surface area contributed by atoms with Crippen LogP contribution in [0.25, 0.3) is 0 Å². The Morgan fingerprint density at radius 1 is 1.09 bits per heavy atom. The molecule has 4 rings (SSSR count). The molecular formula is C23H26F2N2O4S. The van der Waals surface area contributed by atoms with E-state index in [-0.39, 0.29) is 24.8 Å². The van der Waals surface area contributed by atoms with Crippen molar-refractivity contribution in [2.75, 3.05) is 26.2 Å². The molecule has 1 unspecified atom stereocenters. The van der Waals surface area contributed by atoms with Gasteiger partial charge in [-0.3, -0.25) is 4.79 Å². The van der Waals surface area contributed by atoms with Crippen LogP contribution >= 0.6 is 0 Å². The van der Waals surface area contributed by atoms with Crippen LogP contribution in [0.3, 0.4) is 0 Å². The normalized spacial score (nSPS) is 19.4. The van der Waals surface area contributed by atoms with Crippen LogP contribution in [0, 0.1) is 11.6 Å². The van der Waals surface area contributed by atoms with Gasteiger partial charge in [0.25, 0.3) is 5.91 Å². The minimum atomic E-state index is -4.02. The summed E-state index contributed by atoms with van der Waals surface area (Å²) in [5.41, 5.74) is 0.668. The zero-order chi connectivity index (χ0) is 22.7. The predicted molar refractivity (Wildman–Crippen MR) is 115 cm³/mol. The number of sulfonamides is 1. The van der Waals surface area contributed by atoms with Gasteiger partial charge in [0.05, 0.1) is 6.10 Å². The number of hydrogen-bond donors (Lipinski definition) is 0. The zero-order valence-corrected chi connectivity index (χ0v) is 18.5. The topological polar surface area (TPSA) is 66.9 Å². The standard InChI is InChI=1S/C23H26F2N2O4S/c24-19-6-3-5-17(13-19)15-26(16-20-7-4-12-31-20)23(28)18-8-9-21(25)22(14-18)32(29,30)27-10-1-2-11-27/h3,5-6,8-9,13-14,20H,1-2,4,7,10-12,15-16H2. The molecule has 2 heterocycles. The molecule has 2 aromatic carbocycles. The van der Waals surface area contributed by atoms with Crippen molar-refractivity contribution in [2.45, 2.75) is 43.2 Å². The number of rotatable bonds is 7. The van der Waals surface area contributed by atoms with Gasteiger partial charge < -0.3 is 9.64 Å². The van der Waals surface area contributed by atoms with E-state index < -0.39 is 32.5 Å². The van der Waals surface area contributed by atoms with Crippen molar-refractivity contribution in [1.29, 1.82) is 0 Å². The minimum absolute atomic E-state index is 0.0681. The van der Waals surface area contributed by atoms with E-state index in [1.54, 1.807) is 12.1 Å². The Morgan fingerprint density at radius 3 is 2.56 bits per heavy atom. The number of halogens is 2. The van der Waals surface area contributed by atoms with E-state index in [1.165, 1.54) is 27.4 Å². The molecule has 6 nitrogen and oxygen atoms in total. The number of carbonyl (C=O) groups is 1. The van der Waals surface area contributed by atoms with Crippen molar-refractivity contribution in [2.24, 2.45) is 0 Å². The summed E-state index contributed by atoms with van der Waals surface area (Å²) in [5.74, 6) is -1.75. The van der Waals surface area contributed by atoms with E-state index in [1.807, 2.05) is 0 Å². The van der Waals surface area contributed by atoms with E-state index in [2.05, 4.69) is 0 Å². The van der Waals surface area contributed by atoms with E-state index in [4.69, 9.17) is 4.74 Å². The summed E-state index contributed by atoms with van der Waals surface area (Å²) in [6, 6.07) is 9.37. The van der Waals surface area contributed by atoms with Gasteiger partial charge in [-0.15, -0.1) is 0 Å². The van der Waals surface area contributed by atoms with Gasteiger partial charge in [-0.2, -0.15) is 4.31 Å². The molecule has 0 bridgehead atoms. The summed E-state index contributed by atoms with van der Waals surface area (Å²) in [7, 11) is -4.02. The van der Waals surface area contributed by atoms with E-state index >= 15 is 0 Å². The maximum absolute atomic E-state index is 14.5. The van der Waals surface area contributed by atoms with Crippen molar-refractivity contribution in [3.8, 4) is 0 Å². The molecule has 0 radical (unpaired) electrons. The van der Waals surface area contributed by atoms with E-state index in [0.29, 0.717) is 25.3 Å². The van der Waals surface area contributed by atoms with Gasteiger partial charge in [0.15, 0.2) is 0 Å². The summed E-state index contributed by atoms with van der Waals surface area (Å²) in [5, 5.41) is 0. The Labute approximate surface area is 186 Å². The monoisotopic (exact) mass is 464 g/mol. The number of carbonyl (C=O) groups excluding carboxylic acids is 1. The van der Waals surface area contributed by atoms with Crippen LogP contribution < -0.4 is 0 Å². The fourth-order valence-electron chi connectivity index (χ4n) is 4.19. The minimum Gasteiger partial charge on any atom is -0.376 e. The molecule has 0 aromatic heterocycles. The first-order valence-electron chi connectivity index (χ1n) is 10.8. The van der Waals surface area contributed by atoms with E-state index in [9.17, 15) is 22.0 Å². The van der Waals surface area contributed by atoms with E-state index in [0.717, 1.165) is 37.8 Å². The smallest absolute Gasteiger partial charge is 0.254 e. The second-order valence-corrected chi connectivity index (χ2v) is 10.1. The number of ether oxygens (including phenoxy) is 1. The van der Waals surface area contributed by atoms with Gasteiger partial charge in [-0.05, 0) is 61.6 Å². The molecule has 1 amide bonds. The SMILES string of the molecule is O=C(c1ccc(F)c(S(=O)(=O)N2CCCC2)c1)N(Cc1cccc(F)c1)CC1CCCO1. The van der Waals surface area contributed by atoms with Crippen LogP contribution in [0.4, 0.5) is 8.78 Å². The maximum Gasteiger partial charge on any atom is 0.254 e. The van der Waals surface area contributed by atoms with Gasteiger partial charge in [0.1, 0.15) is 16.5 Å². The van der Waals surface area contributed by atoms with Crippen LogP contribution in [0.5, 0.6) is 0 Å². The fraction of sp³-hybridized carbons (Fsp3) is 0.435. The van der Waals surface area contributed by atoms with Gasteiger partial charge in [0.2, 0.25) is 10.0 Å². The molecule has 0 N–H and O–H groups in total. The first kappa shape index (κ1) is 22.8. The van der Waals surface area contributed by atoms with Crippen molar-refractivity contribution in [1.82, 2.24) is 9.21 Å². The lowest BCUT2D eigenvalue weighted by Crippen LogP contribution is -2.37. The third-order valence-corrected chi connectivity index (χ3v) is 7.77. The Morgan fingerprint density at radius 2 is 1.88 bits per heavy atom. The van der Waals surface area contributed by atoms with Gasteiger partial charge >= 0.3 is 0 Å². The fourth-order valence-corrected chi connectivity index (χ4v) is 5.80. The largest absolute Gasteiger partial charge is 0.376 e. The van der Waals surface area contributed by atoms with Crippen molar-refractivity contribution >= 4 is 15.9 Å². The van der Waals surface area contributed by atoms with Crippen LogP contribution in [-0.2, 0) is 21.3 Å². The lowest BCUT2D eigenvalue weighted by atomic mass is 10.1. The average Bonchev–Trinajstić information content (AvgIpc) is 3.48. The Kier molecular flexibility index (Phi) is 6.88. The molecule has 2 saturated heterocycles. The Bertz CT molecular complexity index is 1080. The number of benzene rings is 2. The molecule has 0 spiro atoms. The highest BCUT2D eigenvalue weighted by Crippen LogP contribution is 2.25. The molecular weight excluding hydrogens is 438 g/mol.